The molecule has 0 bridgehead atoms. The molecule has 25 heavy (non-hydrogen) atoms. The maximum atomic E-state index is 13.3. The Morgan fingerprint density at radius 3 is 2.52 bits per heavy atom. The average Bonchev–Trinajstić information content (AvgIpc) is 2.84. The number of nitrogens with one attached hydrogen (secondary N) is 1. The highest BCUT2D eigenvalue weighted by Gasteiger charge is 2.17. The fraction of sp³-hybridized carbons (Fsp3) is 0.235. The summed E-state index contributed by atoms with van der Waals surface area (Å²) < 4.78 is 43.2. The molecule has 0 aliphatic rings. The number of thiazole rings is 1. The molecular formula is C17H17FN2O3S2. The zero-order valence-corrected chi connectivity index (χ0v) is 15.5. The van der Waals surface area contributed by atoms with Crippen LogP contribution in [0.15, 0.2) is 46.1 Å². The van der Waals surface area contributed by atoms with Crippen LogP contribution in [0.1, 0.15) is 25.5 Å². The van der Waals surface area contributed by atoms with Gasteiger partial charge in [-0.3, -0.25) is 14.1 Å². The Bertz CT molecular complexity index is 1110. The molecule has 0 fully saturated rings. The van der Waals surface area contributed by atoms with Crippen molar-refractivity contribution in [2.75, 3.05) is 4.72 Å². The molecule has 2 aromatic carbocycles. The minimum absolute atomic E-state index is 0.0144. The van der Waals surface area contributed by atoms with Gasteiger partial charge < -0.3 is 0 Å². The standard InChI is InChI=1S/C17H17FN2O3S2/c1-10(2)20-15-7-4-12(9-16(15)24-17(20)21)19-25(22,23)13-5-6-14(18)11(3)8-13/h4-10,19H,1-3H3. The van der Waals surface area contributed by atoms with Crippen LogP contribution in [0.4, 0.5) is 10.1 Å². The second-order valence-electron chi connectivity index (χ2n) is 6.03. The predicted molar refractivity (Wildman–Crippen MR) is 98.4 cm³/mol. The van der Waals surface area contributed by atoms with Gasteiger partial charge in [0.15, 0.2) is 0 Å². The molecule has 8 heteroatoms. The lowest BCUT2D eigenvalue weighted by atomic mass is 10.2. The lowest BCUT2D eigenvalue weighted by molar-refractivity contribution is 0.598. The van der Waals surface area contributed by atoms with Crippen molar-refractivity contribution in [3.63, 3.8) is 0 Å². The largest absolute Gasteiger partial charge is 0.308 e. The zero-order chi connectivity index (χ0) is 18.4. The van der Waals surface area contributed by atoms with E-state index in [2.05, 4.69) is 4.72 Å². The maximum absolute atomic E-state index is 13.3. The first-order valence-corrected chi connectivity index (χ1v) is 9.93. The number of sulfonamides is 1. The van der Waals surface area contributed by atoms with Crippen molar-refractivity contribution in [1.82, 2.24) is 4.57 Å². The van der Waals surface area contributed by atoms with E-state index in [-0.39, 0.29) is 21.4 Å². The lowest BCUT2D eigenvalue weighted by Gasteiger charge is -2.10. The monoisotopic (exact) mass is 380 g/mol. The third kappa shape index (κ3) is 3.32. The van der Waals surface area contributed by atoms with E-state index >= 15 is 0 Å². The molecule has 0 atom stereocenters. The molecule has 5 nitrogen and oxygen atoms in total. The third-order valence-corrected chi connectivity index (χ3v) is 6.12. The molecule has 0 saturated carbocycles. The summed E-state index contributed by atoms with van der Waals surface area (Å²) in [6.45, 7) is 5.34. The first kappa shape index (κ1) is 17.6. The first-order valence-electron chi connectivity index (χ1n) is 7.63. The second-order valence-corrected chi connectivity index (χ2v) is 8.71. The van der Waals surface area contributed by atoms with Crippen LogP contribution in [0.5, 0.6) is 0 Å². The summed E-state index contributed by atoms with van der Waals surface area (Å²) in [5.41, 5.74) is 1.38. The number of hydrogen-bond donors (Lipinski definition) is 1. The van der Waals surface area contributed by atoms with Crippen molar-refractivity contribution < 1.29 is 12.8 Å². The van der Waals surface area contributed by atoms with Gasteiger partial charge in [0.25, 0.3) is 10.0 Å². The van der Waals surface area contributed by atoms with Crippen LogP contribution in [0, 0.1) is 12.7 Å². The highest BCUT2D eigenvalue weighted by molar-refractivity contribution is 7.92. The smallest absolute Gasteiger partial charge is 0.296 e. The van der Waals surface area contributed by atoms with E-state index in [1.807, 2.05) is 13.8 Å². The molecule has 132 valence electrons. The summed E-state index contributed by atoms with van der Waals surface area (Å²) in [6, 6.07) is 8.62. The van der Waals surface area contributed by atoms with Gasteiger partial charge in [0.1, 0.15) is 5.82 Å². The van der Waals surface area contributed by atoms with Crippen molar-refractivity contribution in [2.24, 2.45) is 0 Å². The number of benzene rings is 2. The number of hydrogen-bond acceptors (Lipinski definition) is 4. The summed E-state index contributed by atoms with van der Waals surface area (Å²) in [5.74, 6) is -0.458. The predicted octanol–water partition coefficient (Wildman–Crippen LogP) is 3.89. The van der Waals surface area contributed by atoms with E-state index < -0.39 is 15.8 Å². The van der Waals surface area contributed by atoms with Crippen molar-refractivity contribution in [3.05, 3.63) is 57.4 Å². The summed E-state index contributed by atoms with van der Waals surface area (Å²) >= 11 is 1.07. The Morgan fingerprint density at radius 1 is 1.16 bits per heavy atom. The van der Waals surface area contributed by atoms with E-state index in [4.69, 9.17) is 0 Å². The molecule has 0 aliphatic carbocycles. The summed E-state index contributed by atoms with van der Waals surface area (Å²) in [4.78, 5) is 12.0. The minimum Gasteiger partial charge on any atom is -0.296 e. The molecule has 3 rings (SSSR count). The zero-order valence-electron chi connectivity index (χ0n) is 13.9. The van der Waals surface area contributed by atoms with Crippen LogP contribution >= 0.6 is 11.3 Å². The van der Waals surface area contributed by atoms with E-state index in [1.165, 1.54) is 19.1 Å². The van der Waals surface area contributed by atoms with Crippen molar-refractivity contribution in [2.45, 2.75) is 31.7 Å². The Morgan fingerprint density at radius 2 is 1.88 bits per heavy atom. The number of rotatable bonds is 4. The lowest BCUT2D eigenvalue weighted by Crippen LogP contribution is -2.15. The second kappa shape index (κ2) is 6.27. The number of aryl methyl sites for hydroxylation is 1. The topological polar surface area (TPSA) is 68.2 Å². The quantitative estimate of drug-likeness (QED) is 0.747. The normalized spacial score (nSPS) is 12.0. The van der Waals surface area contributed by atoms with Crippen molar-refractivity contribution in [3.8, 4) is 0 Å². The van der Waals surface area contributed by atoms with Gasteiger partial charge in [0.2, 0.25) is 0 Å². The van der Waals surface area contributed by atoms with Crippen LogP contribution in [0.25, 0.3) is 10.2 Å². The summed E-state index contributed by atoms with van der Waals surface area (Å²) in [5, 5.41) is 0. The molecule has 3 aromatic rings. The molecule has 0 saturated heterocycles. The van der Waals surface area contributed by atoms with Gasteiger partial charge in [0, 0.05) is 6.04 Å². The summed E-state index contributed by atoms with van der Waals surface area (Å²) in [7, 11) is -3.84. The number of nitrogens with zero attached hydrogens (tertiary/aromatic N) is 1. The minimum atomic E-state index is -3.84. The van der Waals surface area contributed by atoms with E-state index in [9.17, 15) is 17.6 Å². The fourth-order valence-electron chi connectivity index (χ4n) is 2.59. The van der Waals surface area contributed by atoms with Gasteiger partial charge in [0.05, 0.1) is 20.8 Å². The van der Waals surface area contributed by atoms with Crippen LogP contribution in [-0.2, 0) is 10.0 Å². The molecule has 0 amide bonds. The van der Waals surface area contributed by atoms with Crippen LogP contribution < -0.4 is 9.60 Å². The summed E-state index contributed by atoms with van der Waals surface area (Å²) in [6.07, 6.45) is 0. The van der Waals surface area contributed by atoms with Gasteiger partial charge in [-0.25, -0.2) is 12.8 Å². The number of anilines is 1. The number of halogens is 1. The molecule has 0 aliphatic heterocycles. The Balaban J connectivity index is 2.00. The molecule has 0 radical (unpaired) electrons. The Hall–Kier alpha value is -2.19. The Labute approximate surface area is 148 Å². The van der Waals surface area contributed by atoms with Crippen molar-refractivity contribution >= 4 is 37.3 Å². The number of fused-ring (bicyclic) bond motifs is 1. The van der Waals surface area contributed by atoms with E-state index in [1.54, 1.807) is 22.8 Å². The Kier molecular flexibility index (Phi) is 4.42. The van der Waals surface area contributed by atoms with Gasteiger partial charge in [-0.2, -0.15) is 0 Å². The van der Waals surface area contributed by atoms with E-state index in [0.29, 0.717) is 10.4 Å². The fourth-order valence-corrected chi connectivity index (χ4v) is 4.77. The van der Waals surface area contributed by atoms with Gasteiger partial charge >= 0.3 is 4.87 Å². The van der Waals surface area contributed by atoms with Crippen LogP contribution in [0.3, 0.4) is 0 Å². The van der Waals surface area contributed by atoms with Gasteiger partial charge in [-0.1, -0.05) is 11.3 Å². The molecule has 0 unspecified atom stereocenters. The van der Waals surface area contributed by atoms with Crippen LogP contribution in [0.2, 0.25) is 0 Å². The van der Waals surface area contributed by atoms with Gasteiger partial charge in [-0.05, 0) is 62.7 Å². The number of aromatic nitrogens is 1. The molecule has 1 heterocycles. The van der Waals surface area contributed by atoms with Crippen molar-refractivity contribution in [1.29, 1.82) is 0 Å². The maximum Gasteiger partial charge on any atom is 0.308 e. The third-order valence-electron chi connectivity index (χ3n) is 3.82. The van der Waals surface area contributed by atoms with Gasteiger partial charge in [-0.15, -0.1) is 0 Å². The van der Waals surface area contributed by atoms with E-state index in [0.717, 1.165) is 22.9 Å². The average molecular weight is 380 g/mol. The highest BCUT2D eigenvalue weighted by atomic mass is 32.2. The molecule has 1 aromatic heterocycles. The highest BCUT2D eigenvalue weighted by Crippen LogP contribution is 2.26. The molecule has 0 spiro atoms. The SMILES string of the molecule is Cc1cc(S(=O)(=O)Nc2ccc3c(c2)sc(=O)n3C(C)C)ccc1F. The molecule has 1 N–H and O–H groups in total. The molecular weight excluding hydrogens is 363 g/mol. The van der Waals surface area contributed by atoms with Crippen LogP contribution in [-0.4, -0.2) is 13.0 Å². The first-order chi connectivity index (χ1) is 11.7.